The fraction of sp³-hybridized carbons (Fsp3) is 0.385. The van der Waals surface area contributed by atoms with Crippen LogP contribution in [0, 0.1) is 5.82 Å². The van der Waals surface area contributed by atoms with Crippen molar-refractivity contribution >= 4 is 11.8 Å². The zero-order chi connectivity index (χ0) is 13.1. The van der Waals surface area contributed by atoms with Crippen molar-refractivity contribution in [1.82, 2.24) is 10.2 Å². The number of nitrogens with one attached hydrogen (secondary N) is 1. The van der Waals surface area contributed by atoms with E-state index in [9.17, 15) is 14.0 Å². The van der Waals surface area contributed by atoms with Crippen molar-refractivity contribution in [3.63, 3.8) is 0 Å². The Bertz CT molecular complexity index is 476. The Morgan fingerprint density at radius 1 is 1.39 bits per heavy atom. The molecule has 0 aromatic heterocycles. The minimum absolute atomic E-state index is 0.0124. The fourth-order valence-corrected chi connectivity index (χ4v) is 2.07. The highest BCUT2D eigenvalue weighted by atomic mass is 19.1. The third-order valence-corrected chi connectivity index (χ3v) is 3.14. The van der Waals surface area contributed by atoms with E-state index < -0.39 is 0 Å². The van der Waals surface area contributed by atoms with Crippen LogP contribution in [0.2, 0.25) is 0 Å². The molecule has 0 aliphatic carbocycles. The molecule has 5 heteroatoms. The van der Waals surface area contributed by atoms with Crippen LogP contribution in [0.15, 0.2) is 24.3 Å². The lowest BCUT2D eigenvalue weighted by Gasteiger charge is -2.27. The van der Waals surface area contributed by atoms with E-state index in [1.807, 2.05) is 6.92 Å². The van der Waals surface area contributed by atoms with Gasteiger partial charge in [-0.25, -0.2) is 4.39 Å². The van der Waals surface area contributed by atoms with E-state index in [0.717, 1.165) is 5.56 Å². The third kappa shape index (κ3) is 2.67. The number of halogens is 1. The average Bonchev–Trinajstić information content (AvgIpc) is 2.51. The van der Waals surface area contributed by atoms with Crippen molar-refractivity contribution in [2.45, 2.75) is 19.4 Å². The van der Waals surface area contributed by atoms with Crippen molar-refractivity contribution in [3.8, 4) is 0 Å². The van der Waals surface area contributed by atoms with E-state index in [-0.39, 0.29) is 36.6 Å². The Balaban J connectivity index is 2.19. The van der Waals surface area contributed by atoms with Gasteiger partial charge in [-0.3, -0.25) is 9.59 Å². The summed E-state index contributed by atoms with van der Waals surface area (Å²) in [6.45, 7) is 2.21. The molecule has 1 unspecified atom stereocenters. The Kier molecular flexibility index (Phi) is 3.60. The lowest BCUT2D eigenvalue weighted by atomic mass is 10.1. The minimum Gasteiger partial charge on any atom is -0.347 e. The van der Waals surface area contributed by atoms with Gasteiger partial charge in [-0.2, -0.15) is 0 Å². The molecule has 96 valence electrons. The second-order valence-electron chi connectivity index (χ2n) is 4.34. The summed E-state index contributed by atoms with van der Waals surface area (Å²) < 4.78 is 13.2. The lowest BCUT2D eigenvalue weighted by Crippen LogP contribution is -2.37. The Hall–Kier alpha value is -1.91. The van der Waals surface area contributed by atoms with Gasteiger partial charge in [0.1, 0.15) is 5.82 Å². The van der Waals surface area contributed by atoms with Gasteiger partial charge in [0.15, 0.2) is 0 Å². The van der Waals surface area contributed by atoms with Crippen LogP contribution in [0.4, 0.5) is 4.39 Å². The Labute approximate surface area is 105 Å². The molecule has 2 amide bonds. The van der Waals surface area contributed by atoms with Crippen LogP contribution in [-0.2, 0) is 9.59 Å². The van der Waals surface area contributed by atoms with E-state index in [0.29, 0.717) is 6.54 Å². The Morgan fingerprint density at radius 3 is 2.89 bits per heavy atom. The molecule has 0 bridgehead atoms. The number of nitrogens with zero attached hydrogens (tertiary/aromatic N) is 1. The largest absolute Gasteiger partial charge is 0.347 e. The van der Waals surface area contributed by atoms with Crippen LogP contribution < -0.4 is 5.32 Å². The molecule has 0 saturated carbocycles. The van der Waals surface area contributed by atoms with Gasteiger partial charge >= 0.3 is 0 Å². The smallest absolute Gasteiger partial charge is 0.242 e. The highest BCUT2D eigenvalue weighted by molar-refractivity contribution is 5.87. The zero-order valence-electron chi connectivity index (χ0n) is 10.1. The number of carbonyl (C=O) groups excluding carboxylic acids is 2. The van der Waals surface area contributed by atoms with Crippen LogP contribution in [0.25, 0.3) is 0 Å². The second-order valence-corrected chi connectivity index (χ2v) is 4.34. The first-order valence-electron chi connectivity index (χ1n) is 5.89. The summed E-state index contributed by atoms with van der Waals surface area (Å²) >= 11 is 0. The van der Waals surface area contributed by atoms with Gasteiger partial charge in [0.05, 0.1) is 12.6 Å². The predicted molar refractivity (Wildman–Crippen MR) is 64.2 cm³/mol. The highest BCUT2D eigenvalue weighted by Gasteiger charge is 2.25. The number of benzene rings is 1. The van der Waals surface area contributed by atoms with Crippen molar-refractivity contribution in [2.24, 2.45) is 0 Å². The molecule has 1 heterocycles. The van der Waals surface area contributed by atoms with Crippen LogP contribution in [0.3, 0.4) is 0 Å². The first-order chi connectivity index (χ1) is 8.58. The van der Waals surface area contributed by atoms with E-state index in [4.69, 9.17) is 0 Å². The van der Waals surface area contributed by atoms with Gasteiger partial charge < -0.3 is 10.2 Å². The Morgan fingerprint density at radius 2 is 2.17 bits per heavy atom. The molecule has 2 rings (SSSR count). The van der Waals surface area contributed by atoms with Crippen LogP contribution in [0.1, 0.15) is 24.9 Å². The maximum Gasteiger partial charge on any atom is 0.242 e. The summed E-state index contributed by atoms with van der Waals surface area (Å²) in [5.74, 6) is -0.592. The van der Waals surface area contributed by atoms with Crippen LogP contribution >= 0.6 is 0 Å². The topological polar surface area (TPSA) is 49.4 Å². The van der Waals surface area contributed by atoms with Crippen molar-refractivity contribution in [3.05, 3.63) is 35.6 Å². The number of carbonyl (C=O) groups is 2. The average molecular weight is 250 g/mol. The molecule has 1 fully saturated rings. The molecule has 4 nitrogen and oxygen atoms in total. The van der Waals surface area contributed by atoms with Crippen molar-refractivity contribution in [2.75, 3.05) is 13.1 Å². The molecule has 0 radical (unpaired) electrons. The van der Waals surface area contributed by atoms with Gasteiger partial charge in [0.2, 0.25) is 11.8 Å². The molecular weight excluding hydrogens is 235 g/mol. The monoisotopic (exact) mass is 250 g/mol. The summed E-state index contributed by atoms with van der Waals surface area (Å²) in [6.07, 6.45) is 0.283. The maximum absolute atomic E-state index is 13.2. The molecule has 1 aliphatic rings. The standard InChI is InChI=1S/C13H15FN2O2/c1-9(10-3-2-4-11(14)7-10)16-6-5-12(17)15-8-13(16)18/h2-4,7,9H,5-6,8H2,1H3,(H,15,17). The quantitative estimate of drug-likeness (QED) is 0.858. The molecule has 1 atom stereocenters. The van der Waals surface area contributed by atoms with Gasteiger partial charge in [0, 0.05) is 13.0 Å². The SMILES string of the molecule is CC(c1cccc(F)c1)N1CCC(=O)NCC1=O. The molecule has 1 aliphatic heterocycles. The number of hydrogen-bond acceptors (Lipinski definition) is 2. The first kappa shape index (κ1) is 12.5. The lowest BCUT2D eigenvalue weighted by molar-refractivity contribution is -0.132. The fourth-order valence-electron chi connectivity index (χ4n) is 2.07. The highest BCUT2D eigenvalue weighted by Crippen LogP contribution is 2.21. The van der Waals surface area contributed by atoms with Gasteiger partial charge in [0.25, 0.3) is 0 Å². The van der Waals surface area contributed by atoms with E-state index >= 15 is 0 Å². The summed E-state index contributed by atoms with van der Waals surface area (Å²) in [5, 5.41) is 2.54. The maximum atomic E-state index is 13.2. The number of hydrogen-bond donors (Lipinski definition) is 1. The molecule has 1 aromatic carbocycles. The molecule has 1 N–H and O–H groups in total. The normalized spacial score (nSPS) is 18.2. The van der Waals surface area contributed by atoms with Crippen LogP contribution in [0.5, 0.6) is 0 Å². The van der Waals surface area contributed by atoms with E-state index in [1.165, 1.54) is 12.1 Å². The first-order valence-corrected chi connectivity index (χ1v) is 5.89. The van der Waals surface area contributed by atoms with Gasteiger partial charge in [-0.1, -0.05) is 12.1 Å². The van der Waals surface area contributed by atoms with Crippen molar-refractivity contribution in [1.29, 1.82) is 0 Å². The van der Waals surface area contributed by atoms with Gasteiger partial charge in [-0.05, 0) is 24.6 Å². The summed E-state index contributed by atoms with van der Waals surface area (Å²) in [4.78, 5) is 24.7. The summed E-state index contributed by atoms with van der Waals surface area (Å²) in [7, 11) is 0. The predicted octanol–water partition coefficient (Wildman–Crippen LogP) is 1.24. The zero-order valence-corrected chi connectivity index (χ0v) is 10.1. The minimum atomic E-state index is -0.323. The van der Waals surface area contributed by atoms with E-state index in [1.54, 1.807) is 17.0 Å². The van der Waals surface area contributed by atoms with E-state index in [2.05, 4.69) is 5.32 Å². The third-order valence-electron chi connectivity index (χ3n) is 3.14. The number of amides is 2. The molecule has 1 aromatic rings. The summed E-state index contributed by atoms with van der Waals surface area (Å²) in [5.41, 5.74) is 0.734. The molecule has 0 spiro atoms. The van der Waals surface area contributed by atoms with Crippen molar-refractivity contribution < 1.29 is 14.0 Å². The van der Waals surface area contributed by atoms with Crippen LogP contribution in [-0.4, -0.2) is 29.8 Å². The number of rotatable bonds is 2. The van der Waals surface area contributed by atoms with Gasteiger partial charge in [-0.15, -0.1) is 0 Å². The summed E-state index contributed by atoms with van der Waals surface area (Å²) in [6, 6.07) is 5.94. The second kappa shape index (κ2) is 5.16. The molecular formula is C13H15FN2O2. The molecule has 1 saturated heterocycles. The molecule has 18 heavy (non-hydrogen) atoms.